The van der Waals surface area contributed by atoms with Gasteiger partial charge in [-0.2, -0.15) is 0 Å². The average Bonchev–Trinajstić information content (AvgIpc) is 2.40. The van der Waals surface area contributed by atoms with E-state index in [1.165, 1.54) is 12.1 Å². The van der Waals surface area contributed by atoms with Crippen LogP contribution in [0.2, 0.25) is 0 Å². The molecule has 0 heterocycles. The molecule has 1 unspecified atom stereocenters. The minimum Gasteiger partial charge on any atom is -0.516 e. The molecule has 0 radical (unpaired) electrons. The van der Waals surface area contributed by atoms with Crippen molar-refractivity contribution in [1.82, 2.24) is 4.90 Å². The van der Waals surface area contributed by atoms with Gasteiger partial charge < -0.3 is 5.11 Å². The first-order valence-electron chi connectivity index (χ1n) is 7.02. The first kappa shape index (κ1) is 16.4. The van der Waals surface area contributed by atoms with Crippen molar-refractivity contribution in [3.63, 3.8) is 0 Å². The summed E-state index contributed by atoms with van der Waals surface area (Å²) in [5.41, 5.74) is 1.78. The van der Waals surface area contributed by atoms with Gasteiger partial charge in [0, 0.05) is 6.04 Å². The van der Waals surface area contributed by atoms with Gasteiger partial charge >= 0.3 is 0 Å². The van der Waals surface area contributed by atoms with Crippen LogP contribution in [0.5, 0.6) is 0 Å². The van der Waals surface area contributed by atoms with Crippen molar-refractivity contribution >= 4 is 0 Å². The van der Waals surface area contributed by atoms with Gasteiger partial charge in [0.1, 0.15) is 5.82 Å². The van der Waals surface area contributed by atoms with Crippen LogP contribution >= 0.6 is 0 Å². The second kappa shape index (κ2) is 7.85. The summed E-state index contributed by atoms with van der Waals surface area (Å²) in [6, 6.07) is 6.75. The van der Waals surface area contributed by atoms with Gasteiger partial charge in [0.05, 0.1) is 12.3 Å². The normalized spacial score (nSPS) is 13.3. The highest BCUT2D eigenvalue weighted by Crippen LogP contribution is 2.30. The van der Waals surface area contributed by atoms with Crippen LogP contribution in [0.15, 0.2) is 48.8 Å². The van der Waals surface area contributed by atoms with Gasteiger partial charge in [0.15, 0.2) is 0 Å². The predicted molar refractivity (Wildman–Crippen MR) is 82.2 cm³/mol. The lowest BCUT2D eigenvalue weighted by atomic mass is 9.96. The molecule has 0 spiro atoms. The second-order valence-corrected chi connectivity index (χ2v) is 5.18. The van der Waals surface area contributed by atoms with E-state index in [0.717, 1.165) is 30.4 Å². The number of rotatable bonds is 7. The van der Waals surface area contributed by atoms with Crippen molar-refractivity contribution in [2.45, 2.75) is 39.3 Å². The van der Waals surface area contributed by atoms with E-state index in [1.54, 1.807) is 18.2 Å². The number of aliphatic hydroxyl groups excluding tert-OH is 1. The Balaban J connectivity index is 3.18. The van der Waals surface area contributed by atoms with E-state index in [9.17, 15) is 4.39 Å². The first-order chi connectivity index (χ1) is 9.51. The summed E-state index contributed by atoms with van der Waals surface area (Å²) in [5, 5.41) is 9.01. The zero-order valence-electron chi connectivity index (χ0n) is 12.5. The van der Waals surface area contributed by atoms with E-state index in [4.69, 9.17) is 5.11 Å². The molecule has 1 atom stereocenters. The van der Waals surface area contributed by atoms with Crippen LogP contribution in [0.25, 0.3) is 0 Å². The predicted octanol–water partition coefficient (Wildman–Crippen LogP) is 4.62. The highest BCUT2D eigenvalue weighted by molar-refractivity contribution is 5.32. The third-order valence-electron chi connectivity index (χ3n) is 3.30. The van der Waals surface area contributed by atoms with E-state index in [2.05, 4.69) is 32.3 Å². The van der Waals surface area contributed by atoms with E-state index in [0.29, 0.717) is 6.04 Å². The van der Waals surface area contributed by atoms with Crippen LogP contribution in [0, 0.1) is 5.82 Å². The smallest absolute Gasteiger partial charge is 0.123 e. The van der Waals surface area contributed by atoms with E-state index in [-0.39, 0.29) is 11.9 Å². The molecule has 0 bridgehead atoms. The van der Waals surface area contributed by atoms with E-state index in [1.807, 2.05) is 0 Å². The molecule has 110 valence electrons. The molecule has 2 nitrogen and oxygen atoms in total. The summed E-state index contributed by atoms with van der Waals surface area (Å²) in [7, 11) is 0. The Morgan fingerprint density at radius 1 is 1.35 bits per heavy atom. The van der Waals surface area contributed by atoms with Crippen LogP contribution in [0.4, 0.5) is 4.39 Å². The Hall–Kier alpha value is -1.61. The van der Waals surface area contributed by atoms with Crippen LogP contribution in [0.1, 0.15) is 38.8 Å². The van der Waals surface area contributed by atoms with Crippen molar-refractivity contribution in [3.05, 3.63) is 60.1 Å². The molecule has 0 aliphatic rings. The van der Waals surface area contributed by atoms with Gasteiger partial charge in [-0.1, -0.05) is 25.6 Å². The fourth-order valence-electron chi connectivity index (χ4n) is 2.39. The molecule has 1 aromatic carbocycles. The van der Waals surface area contributed by atoms with Gasteiger partial charge in [-0.15, -0.1) is 0 Å². The fourth-order valence-corrected chi connectivity index (χ4v) is 2.39. The molecule has 0 saturated heterocycles. The second-order valence-electron chi connectivity index (χ2n) is 5.18. The lowest BCUT2D eigenvalue weighted by molar-refractivity contribution is 0.177. The maximum absolute atomic E-state index is 13.1. The Bertz CT molecular complexity index is 451. The van der Waals surface area contributed by atoms with Gasteiger partial charge in [0.2, 0.25) is 0 Å². The lowest BCUT2D eigenvalue weighted by Crippen LogP contribution is -2.36. The zero-order chi connectivity index (χ0) is 15.1. The Kier molecular flexibility index (Phi) is 6.46. The lowest BCUT2D eigenvalue weighted by Gasteiger charge is -2.35. The van der Waals surface area contributed by atoms with Crippen molar-refractivity contribution in [2.24, 2.45) is 0 Å². The molecule has 1 rings (SSSR count). The van der Waals surface area contributed by atoms with Crippen LogP contribution in [0.3, 0.4) is 0 Å². The maximum Gasteiger partial charge on any atom is 0.123 e. The number of benzene rings is 1. The van der Waals surface area contributed by atoms with E-state index >= 15 is 0 Å². The molecule has 0 aromatic heterocycles. The highest BCUT2D eigenvalue weighted by Gasteiger charge is 2.23. The van der Waals surface area contributed by atoms with E-state index < -0.39 is 0 Å². The summed E-state index contributed by atoms with van der Waals surface area (Å²) < 4.78 is 13.1. The Morgan fingerprint density at radius 2 is 1.95 bits per heavy atom. The van der Waals surface area contributed by atoms with Crippen LogP contribution < -0.4 is 0 Å². The minimum atomic E-state index is -0.248. The monoisotopic (exact) mass is 277 g/mol. The van der Waals surface area contributed by atoms with Crippen molar-refractivity contribution in [3.8, 4) is 0 Å². The van der Waals surface area contributed by atoms with Gasteiger partial charge in [0.25, 0.3) is 0 Å². The number of halogens is 1. The van der Waals surface area contributed by atoms with Crippen molar-refractivity contribution < 1.29 is 9.50 Å². The summed E-state index contributed by atoms with van der Waals surface area (Å²) in [6.07, 6.45) is 3.62. The molecule has 0 aliphatic carbocycles. The van der Waals surface area contributed by atoms with Crippen LogP contribution in [-0.4, -0.2) is 22.6 Å². The number of aliphatic hydroxyl groups is 1. The topological polar surface area (TPSA) is 23.5 Å². The fraction of sp³-hybridized carbons (Fsp3) is 0.412. The molecule has 0 amide bonds. The Labute approximate surface area is 121 Å². The molecule has 20 heavy (non-hydrogen) atoms. The largest absolute Gasteiger partial charge is 0.516 e. The zero-order valence-corrected chi connectivity index (χ0v) is 12.5. The van der Waals surface area contributed by atoms with Gasteiger partial charge in [-0.05, 0) is 56.2 Å². The number of hydrogen-bond acceptors (Lipinski definition) is 2. The quantitative estimate of drug-likeness (QED) is 0.581. The molecule has 0 saturated carbocycles. The van der Waals surface area contributed by atoms with Gasteiger partial charge in [-0.25, -0.2) is 4.39 Å². The molecular weight excluding hydrogens is 253 g/mol. The van der Waals surface area contributed by atoms with Crippen molar-refractivity contribution in [2.75, 3.05) is 6.54 Å². The molecule has 0 aliphatic heterocycles. The molecule has 1 N–H and O–H groups in total. The summed E-state index contributed by atoms with van der Waals surface area (Å²) >= 11 is 0. The molecule has 0 fully saturated rings. The van der Waals surface area contributed by atoms with Gasteiger partial charge in [-0.3, -0.25) is 4.90 Å². The third kappa shape index (κ3) is 4.20. The average molecular weight is 277 g/mol. The SMILES string of the molecule is C=C(/C=C\O)C(c1ccc(F)cc1)N(CCC)C(C)C. The highest BCUT2D eigenvalue weighted by atomic mass is 19.1. The number of nitrogens with zero attached hydrogens (tertiary/aromatic N) is 1. The minimum absolute atomic E-state index is 0.0565. The number of hydrogen-bond donors (Lipinski definition) is 1. The first-order valence-corrected chi connectivity index (χ1v) is 7.02. The van der Waals surface area contributed by atoms with Crippen LogP contribution in [-0.2, 0) is 0 Å². The maximum atomic E-state index is 13.1. The summed E-state index contributed by atoms with van der Waals surface area (Å²) in [4.78, 5) is 2.30. The summed E-state index contributed by atoms with van der Waals surface area (Å²) in [6.45, 7) is 11.3. The molecular formula is C17H24FNO. The van der Waals surface area contributed by atoms with Crippen molar-refractivity contribution in [1.29, 1.82) is 0 Å². The third-order valence-corrected chi connectivity index (χ3v) is 3.30. The summed E-state index contributed by atoms with van der Waals surface area (Å²) in [5.74, 6) is -0.248. The standard InChI is InChI=1S/C17H24FNO/c1-5-11-19(13(2)3)17(14(4)10-12-20)15-6-8-16(18)9-7-15/h6-10,12-13,17,20H,4-5,11H2,1-3H3/b12-10-. The molecule has 1 aromatic rings. The Morgan fingerprint density at radius 3 is 2.40 bits per heavy atom. The molecule has 3 heteroatoms.